The molecule has 3 rings (SSSR count). The first kappa shape index (κ1) is 15.1. The van der Waals surface area contributed by atoms with Crippen LogP contribution in [0.1, 0.15) is 22.8 Å². The summed E-state index contributed by atoms with van der Waals surface area (Å²) in [6, 6.07) is 14.7. The van der Waals surface area contributed by atoms with Crippen molar-refractivity contribution in [2.75, 3.05) is 23.3 Å². The van der Waals surface area contributed by atoms with Crippen molar-refractivity contribution in [3.05, 3.63) is 59.7 Å². The van der Waals surface area contributed by atoms with Gasteiger partial charge < -0.3 is 10.6 Å². The molecule has 0 spiro atoms. The smallest absolute Gasteiger partial charge is 0.326 e. The molecular formula is C18H19N3O2. The molecule has 0 fully saturated rings. The third-order valence-corrected chi connectivity index (χ3v) is 3.88. The Balaban J connectivity index is 1.83. The number of nitrogens with one attached hydrogen (secondary N) is 2. The van der Waals surface area contributed by atoms with Crippen molar-refractivity contribution in [1.29, 1.82) is 0 Å². The molecule has 0 radical (unpaired) electrons. The average Bonchev–Trinajstić information content (AvgIpc) is 3.00. The van der Waals surface area contributed by atoms with Gasteiger partial charge in [-0.05, 0) is 43.2 Å². The van der Waals surface area contributed by atoms with Crippen LogP contribution in [-0.2, 0) is 6.42 Å². The fourth-order valence-electron chi connectivity index (χ4n) is 2.83. The Labute approximate surface area is 135 Å². The van der Waals surface area contributed by atoms with Crippen LogP contribution in [0.4, 0.5) is 16.2 Å². The highest BCUT2D eigenvalue weighted by atomic mass is 16.2. The molecule has 0 aromatic heterocycles. The lowest BCUT2D eigenvalue weighted by atomic mass is 10.0. The van der Waals surface area contributed by atoms with Crippen molar-refractivity contribution < 1.29 is 9.59 Å². The van der Waals surface area contributed by atoms with Gasteiger partial charge >= 0.3 is 6.03 Å². The van der Waals surface area contributed by atoms with Gasteiger partial charge in [-0.15, -0.1) is 0 Å². The van der Waals surface area contributed by atoms with E-state index in [-0.39, 0.29) is 11.9 Å². The summed E-state index contributed by atoms with van der Waals surface area (Å²) in [5, 5.41) is 5.70. The maximum atomic E-state index is 12.5. The van der Waals surface area contributed by atoms with Crippen molar-refractivity contribution in [3.8, 4) is 0 Å². The molecule has 2 N–H and O–H groups in total. The average molecular weight is 309 g/mol. The Hall–Kier alpha value is -2.82. The highest BCUT2D eigenvalue weighted by Crippen LogP contribution is 2.31. The van der Waals surface area contributed by atoms with E-state index in [0.29, 0.717) is 25.1 Å². The molecule has 1 aliphatic rings. The normalized spacial score (nSPS) is 12.7. The fraction of sp³-hybridized carbons (Fsp3) is 0.222. The zero-order chi connectivity index (χ0) is 16.2. The van der Waals surface area contributed by atoms with E-state index in [0.717, 1.165) is 16.9 Å². The second kappa shape index (κ2) is 6.52. The Morgan fingerprint density at radius 1 is 1.09 bits per heavy atom. The fourth-order valence-corrected chi connectivity index (χ4v) is 2.83. The SMILES string of the molecule is CCNC(=O)c1cccc2c1CCN2C(=O)Nc1ccccc1. The van der Waals surface area contributed by atoms with Crippen LogP contribution in [-0.4, -0.2) is 25.0 Å². The summed E-state index contributed by atoms with van der Waals surface area (Å²) in [5.41, 5.74) is 3.15. The van der Waals surface area contributed by atoms with Crippen molar-refractivity contribution >= 4 is 23.3 Å². The molecule has 3 amide bonds. The van der Waals surface area contributed by atoms with Gasteiger partial charge in [0.1, 0.15) is 0 Å². The molecule has 0 saturated heterocycles. The molecule has 5 heteroatoms. The highest BCUT2D eigenvalue weighted by Gasteiger charge is 2.28. The summed E-state index contributed by atoms with van der Waals surface area (Å²) >= 11 is 0. The lowest BCUT2D eigenvalue weighted by Gasteiger charge is -2.18. The van der Waals surface area contributed by atoms with E-state index in [4.69, 9.17) is 0 Å². The quantitative estimate of drug-likeness (QED) is 0.915. The summed E-state index contributed by atoms with van der Waals surface area (Å²) in [5.74, 6) is -0.0883. The van der Waals surface area contributed by atoms with Crippen LogP contribution in [0.3, 0.4) is 0 Å². The largest absolute Gasteiger partial charge is 0.352 e. The molecule has 118 valence electrons. The molecule has 0 bridgehead atoms. The standard InChI is InChI=1S/C18H19N3O2/c1-2-19-17(22)15-9-6-10-16-14(15)11-12-21(16)18(23)20-13-7-4-3-5-8-13/h3-10H,2,11-12H2,1H3,(H,19,22)(H,20,23). The number of urea groups is 1. The summed E-state index contributed by atoms with van der Waals surface area (Å²) in [4.78, 5) is 26.3. The first-order valence-corrected chi connectivity index (χ1v) is 7.74. The van der Waals surface area contributed by atoms with E-state index in [1.807, 2.05) is 55.5 Å². The number of amides is 3. The number of para-hydroxylation sites is 1. The first-order valence-electron chi connectivity index (χ1n) is 7.74. The van der Waals surface area contributed by atoms with E-state index in [1.54, 1.807) is 4.90 Å². The number of hydrogen-bond acceptors (Lipinski definition) is 2. The number of carbonyl (C=O) groups is 2. The molecule has 23 heavy (non-hydrogen) atoms. The summed E-state index contributed by atoms with van der Waals surface area (Å²) in [7, 11) is 0. The van der Waals surface area contributed by atoms with Crippen LogP contribution in [0.25, 0.3) is 0 Å². The minimum Gasteiger partial charge on any atom is -0.352 e. The van der Waals surface area contributed by atoms with E-state index in [1.165, 1.54) is 0 Å². The second-order valence-corrected chi connectivity index (χ2v) is 5.36. The predicted molar refractivity (Wildman–Crippen MR) is 91.0 cm³/mol. The number of fused-ring (bicyclic) bond motifs is 1. The van der Waals surface area contributed by atoms with Gasteiger partial charge in [0.05, 0.1) is 0 Å². The summed E-state index contributed by atoms with van der Waals surface area (Å²) in [6.45, 7) is 3.05. The zero-order valence-corrected chi connectivity index (χ0v) is 13.0. The number of rotatable bonds is 3. The third-order valence-electron chi connectivity index (χ3n) is 3.88. The predicted octanol–water partition coefficient (Wildman–Crippen LogP) is 3.03. The lowest BCUT2D eigenvalue weighted by molar-refractivity contribution is 0.0955. The van der Waals surface area contributed by atoms with Gasteiger partial charge in [0, 0.05) is 30.0 Å². The molecule has 0 unspecified atom stereocenters. The highest BCUT2D eigenvalue weighted by molar-refractivity contribution is 6.05. The Kier molecular flexibility index (Phi) is 4.28. The first-order chi connectivity index (χ1) is 11.2. The molecule has 2 aromatic carbocycles. The number of anilines is 2. The summed E-state index contributed by atoms with van der Waals surface area (Å²) in [6.07, 6.45) is 0.685. The number of carbonyl (C=O) groups excluding carboxylic acids is 2. The Morgan fingerprint density at radius 3 is 2.61 bits per heavy atom. The molecule has 1 heterocycles. The van der Waals surface area contributed by atoms with Crippen molar-refractivity contribution in [3.63, 3.8) is 0 Å². The molecule has 1 aliphatic heterocycles. The molecule has 0 aliphatic carbocycles. The Morgan fingerprint density at radius 2 is 1.87 bits per heavy atom. The number of nitrogens with zero attached hydrogens (tertiary/aromatic N) is 1. The van der Waals surface area contributed by atoms with Crippen LogP contribution in [0, 0.1) is 0 Å². The minimum atomic E-state index is -0.178. The van der Waals surface area contributed by atoms with Gasteiger partial charge in [0.2, 0.25) is 0 Å². The number of hydrogen-bond donors (Lipinski definition) is 2. The van der Waals surface area contributed by atoms with Crippen LogP contribution >= 0.6 is 0 Å². The van der Waals surface area contributed by atoms with E-state index >= 15 is 0 Å². The maximum absolute atomic E-state index is 12.5. The van der Waals surface area contributed by atoms with Crippen molar-refractivity contribution in [2.45, 2.75) is 13.3 Å². The van der Waals surface area contributed by atoms with Gasteiger partial charge in [0.25, 0.3) is 5.91 Å². The van der Waals surface area contributed by atoms with Gasteiger partial charge in [-0.2, -0.15) is 0 Å². The van der Waals surface area contributed by atoms with Crippen LogP contribution < -0.4 is 15.5 Å². The van der Waals surface area contributed by atoms with Crippen LogP contribution in [0.2, 0.25) is 0 Å². The topological polar surface area (TPSA) is 61.4 Å². The monoisotopic (exact) mass is 309 g/mol. The van der Waals surface area contributed by atoms with Gasteiger partial charge in [0.15, 0.2) is 0 Å². The molecular weight excluding hydrogens is 290 g/mol. The van der Waals surface area contributed by atoms with Gasteiger partial charge in [-0.1, -0.05) is 24.3 Å². The lowest BCUT2D eigenvalue weighted by Crippen LogP contribution is -2.33. The molecule has 0 atom stereocenters. The maximum Gasteiger partial charge on any atom is 0.326 e. The Bertz CT molecular complexity index is 728. The van der Waals surface area contributed by atoms with Gasteiger partial charge in [-0.25, -0.2) is 4.79 Å². The second-order valence-electron chi connectivity index (χ2n) is 5.36. The zero-order valence-electron chi connectivity index (χ0n) is 13.0. The number of benzene rings is 2. The molecule has 5 nitrogen and oxygen atoms in total. The van der Waals surface area contributed by atoms with E-state index in [9.17, 15) is 9.59 Å². The van der Waals surface area contributed by atoms with Crippen LogP contribution in [0.5, 0.6) is 0 Å². The van der Waals surface area contributed by atoms with E-state index in [2.05, 4.69) is 10.6 Å². The van der Waals surface area contributed by atoms with Crippen LogP contribution in [0.15, 0.2) is 48.5 Å². The molecule has 2 aromatic rings. The van der Waals surface area contributed by atoms with Gasteiger partial charge in [-0.3, -0.25) is 9.69 Å². The summed E-state index contributed by atoms with van der Waals surface area (Å²) < 4.78 is 0. The van der Waals surface area contributed by atoms with Crippen molar-refractivity contribution in [1.82, 2.24) is 5.32 Å². The van der Waals surface area contributed by atoms with E-state index < -0.39 is 0 Å². The third kappa shape index (κ3) is 3.04. The van der Waals surface area contributed by atoms with Crippen molar-refractivity contribution in [2.24, 2.45) is 0 Å². The minimum absolute atomic E-state index is 0.0883. The molecule has 0 saturated carbocycles.